The van der Waals surface area contributed by atoms with Crippen LogP contribution in [0.15, 0.2) is 28.7 Å². The van der Waals surface area contributed by atoms with Crippen LogP contribution >= 0.6 is 15.9 Å². The van der Waals surface area contributed by atoms with Gasteiger partial charge in [0.2, 0.25) is 5.91 Å². The maximum atomic E-state index is 12.5. The van der Waals surface area contributed by atoms with Crippen molar-refractivity contribution < 1.29 is 14.3 Å². The smallest absolute Gasteiger partial charge is 0.330 e. The normalized spacial score (nSPS) is 18.4. The minimum atomic E-state index is -0.526. The van der Waals surface area contributed by atoms with Gasteiger partial charge >= 0.3 is 5.97 Å². The van der Waals surface area contributed by atoms with Crippen LogP contribution in [0.2, 0.25) is 0 Å². The summed E-state index contributed by atoms with van der Waals surface area (Å²) in [4.78, 5) is 26.0. The Morgan fingerprint density at radius 2 is 2.10 bits per heavy atom. The lowest BCUT2D eigenvalue weighted by atomic mass is 10.1. The second kappa shape index (κ2) is 7.56. The number of nitrogens with one attached hydrogen (secondary N) is 1. The van der Waals surface area contributed by atoms with Gasteiger partial charge in [-0.1, -0.05) is 28.1 Å². The van der Waals surface area contributed by atoms with Crippen molar-refractivity contribution in [3.8, 4) is 0 Å². The molecular formula is C15H19BrN2O3. The lowest BCUT2D eigenvalue weighted by molar-refractivity contribution is -0.155. The van der Waals surface area contributed by atoms with Crippen molar-refractivity contribution in [3.05, 3.63) is 34.3 Å². The van der Waals surface area contributed by atoms with Crippen molar-refractivity contribution in [2.45, 2.75) is 19.4 Å². The molecule has 6 heteroatoms. The van der Waals surface area contributed by atoms with Crippen molar-refractivity contribution in [1.29, 1.82) is 0 Å². The van der Waals surface area contributed by atoms with Gasteiger partial charge in [0, 0.05) is 24.1 Å². The number of carbonyl (C=O) groups excluding carboxylic acids is 2. The lowest BCUT2D eigenvalue weighted by Crippen LogP contribution is -2.57. The Morgan fingerprint density at radius 1 is 1.38 bits per heavy atom. The quantitative estimate of drug-likeness (QED) is 0.829. The van der Waals surface area contributed by atoms with Gasteiger partial charge in [-0.25, -0.2) is 4.79 Å². The fraction of sp³-hybridized carbons (Fsp3) is 0.467. The fourth-order valence-electron chi connectivity index (χ4n) is 2.33. The molecule has 5 nitrogen and oxygen atoms in total. The minimum Gasteiger partial charge on any atom is -0.464 e. The second-order valence-corrected chi connectivity index (χ2v) is 5.78. The first-order valence-electron chi connectivity index (χ1n) is 7.03. The molecule has 0 spiro atoms. The Hall–Kier alpha value is -1.40. The molecule has 1 aliphatic heterocycles. The van der Waals surface area contributed by atoms with Crippen LogP contribution < -0.4 is 5.32 Å². The molecule has 0 bridgehead atoms. The predicted octanol–water partition coefficient (Wildman–Crippen LogP) is 1.36. The van der Waals surface area contributed by atoms with Crippen molar-refractivity contribution in [2.75, 3.05) is 26.2 Å². The van der Waals surface area contributed by atoms with Crippen LogP contribution in [0, 0.1) is 0 Å². The van der Waals surface area contributed by atoms with Gasteiger partial charge < -0.3 is 15.0 Å². The van der Waals surface area contributed by atoms with Gasteiger partial charge in [0.15, 0.2) is 0 Å². The van der Waals surface area contributed by atoms with E-state index in [0.29, 0.717) is 32.7 Å². The van der Waals surface area contributed by atoms with Crippen LogP contribution in [0.3, 0.4) is 0 Å². The Labute approximate surface area is 132 Å². The summed E-state index contributed by atoms with van der Waals surface area (Å²) in [5.41, 5.74) is 0.935. The van der Waals surface area contributed by atoms with Gasteiger partial charge in [-0.05, 0) is 24.6 Å². The molecule has 2 rings (SSSR count). The summed E-state index contributed by atoms with van der Waals surface area (Å²) in [6.45, 7) is 3.76. The molecule has 1 aliphatic rings. The molecule has 1 heterocycles. The van der Waals surface area contributed by atoms with Crippen molar-refractivity contribution in [2.24, 2.45) is 0 Å². The average Bonchev–Trinajstić information content (AvgIpc) is 2.50. The van der Waals surface area contributed by atoms with Crippen LogP contribution in [-0.4, -0.2) is 49.1 Å². The maximum absolute atomic E-state index is 12.5. The topological polar surface area (TPSA) is 58.6 Å². The molecule has 114 valence electrons. The van der Waals surface area contributed by atoms with Gasteiger partial charge in [0.05, 0.1) is 13.0 Å². The van der Waals surface area contributed by atoms with E-state index in [1.807, 2.05) is 24.3 Å². The van der Waals surface area contributed by atoms with E-state index >= 15 is 0 Å². The van der Waals surface area contributed by atoms with E-state index in [4.69, 9.17) is 4.74 Å². The SMILES string of the molecule is CCOC(=O)C1CNCCN1C(=O)Cc1ccc(Br)cc1. The first kappa shape index (κ1) is 16.0. The summed E-state index contributed by atoms with van der Waals surface area (Å²) in [6, 6.07) is 7.10. The number of nitrogens with zero attached hydrogens (tertiary/aromatic N) is 1. The van der Waals surface area contributed by atoms with Crippen LogP contribution in [-0.2, 0) is 20.7 Å². The summed E-state index contributed by atoms with van der Waals surface area (Å²) >= 11 is 3.37. The number of benzene rings is 1. The number of piperazine rings is 1. The number of amides is 1. The molecule has 1 unspecified atom stereocenters. The van der Waals surface area contributed by atoms with E-state index in [2.05, 4.69) is 21.2 Å². The summed E-state index contributed by atoms with van der Waals surface area (Å²) in [6.07, 6.45) is 0.295. The Kier molecular flexibility index (Phi) is 5.76. The zero-order chi connectivity index (χ0) is 15.2. The highest BCUT2D eigenvalue weighted by molar-refractivity contribution is 9.10. The second-order valence-electron chi connectivity index (χ2n) is 4.86. The highest BCUT2D eigenvalue weighted by Gasteiger charge is 2.32. The third kappa shape index (κ3) is 4.28. The standard InChI is InChI=1S/C15H19BrN2O3/c1-2-21-15(20)13-10-17-7-8-18(13)14(19)9-11-3-5-12(16)6-4-11/h3-6,13,17H,2,7-10H2,1H3. The molecular weight excluding hydrogens is 336 g/mol. The number of ether oxygens (including phenoxy) is 1. The summed E-state index contributed by atoms with van der Waals surface area (Å²) in [5.74, 6) is -0.384. The molecule has 1 N–H and O–H groups in total. The first-order chi connectivity index (χ1) is 10.1. The number of halogens is 1. The first-order valence-corrected chi connectivity index (χ1v) is 7.82. The number of hydrogen-bond donors (Lipinski definition) is 1. The van der Waals surface area contributed by atoms with E-state index < -0.39 is 6.04 Å². The van der Waals surface area contributed by atoms with Gasteiger partial charge in [-0.2, -0.15) is 0 Å². The minimum absolute atomic E-state index is 0.0446. The van der Waals surface area contributed by atoms with E-state index in [1.165, 1.54) is 0 Å². The molecule has 0 saturated carbocycles. The molecule has 1 saturated heterocycles. The highest BCUT2D eigenvalue weighted by atomic mass is 79.9. The van der Waals surface area contributed by atoms with Crippen molar-refractivity contribution in [3.63, 3.8) is 0 Å². The van der Waals surface area contributed by atoms with E-state index in [-0.39, 0.29) is 11.9 Å². The third-order valence-electron chi connectivity index (χ3n) is 3.39. The van der Waals surface area contributed by atoms with Gasteiger partial charge in [0.1, 0.15) is 6.04 Å². The zero-order valence-electron chi connectivity index (χ0n) is 12.0. The molecule has 1 fully saturated rings. The molecule has 0 radical (unpaired) electrons. The zero-order valence-corrected chi connectivity index (χ0v) is 13.6. The van der Waals surface area contributed by atoms with Gasteiger partial charge in [0.25, 0.3) is 0 Å². The van der Waals surface area contributed by atoms with Gasteiger partial charge in [-0.15, -0.1) is 0 Å². The van der Waals surface area contributed by atoms with Crippen LogP contribution in [0.5, 0.6) is 0 Å². The summed E-state index contributed by atoms with van der Waals surface area (Å²) < 4.78 is 6.03. The summed E-state index contributed by atoms with van der Waals surface area (Å²) in [5, 5.41) is 3.13. The third-order valence-corrected chi connectivity index (χ3v) is 3.92. The maximum Gasteiger partial charge on any atom is 0.330 e. The number of rotatable bonds is 4. The molecule has 1 amide bonds. The van der Waals surface area contributed by atoms with Crippen LogP contribution in [0.4, 0.5) is 0 Å². The molecule has 0 aromatic heterocycles. The largest absolute Gasteiger partial charge is 0.464 e. The predicted molar refractivity (Wildman–Crippen MR) is 82.8 cm³/mol. The molecule has 1 aromatic rings. The number of hydrogen-bond acceptors (Lipinski definition) is 4. The molecule has 1 atom stereocenters. The Balaban J connectivity index is 2.04. The fourth-order valence-corrected chi connectivity index (χ4v) is 2.59. The monoisotopic (exact) mass is 354 g/mol. The molecule has 0 aliphatic carbocycles. The highest BCUT2D eigenvalue weighted by Crippen LogP contribution is 2.13. The van der Waals surface area contributed by atoms with E-state index in [9.17, 15) is 9.59 Å². The summed E-state index contributed by atoms with van der Waals surface area (Å²) in [7, 11) is 0. The lowest BCUT2D eigenvalue weighted by Gasteiger charge is -2.34. The van der Waals surface area contributed by atoms with Crippen LogP contribution in [0.25, 0.3) is 0 Å². The number of carbonyl (C=O) groups is 2. The number of esters is 1. The van der Waals surface area contributed by atoms with Crippen LogP contribution in [0.1, 0.15) is 12.5 Å². The van der Waals surface area contributed by atoms with Crippen molar-refractivity contribution >= 4 is 27.8 Å². The molecule has 1 aromatic carbocycles. The van der Waals surface area contributed by atoms with E-state index in [1.54, 1.807) is 11.8 Å². The molecule has 21 heavy (non-hydrogen) atoms. The average molecular weight is 355 g/mol. The van der Waals surface area contributed by atoms with Crippen molar-refractivity contribution in [1.82, 2.24) is 10.2 Å². The Morgan fingerprint density at radius 3 is 2.76 bits per heavy atom. The Bertz CT molecular complexity index is 504. The van der Waals surface area contributed by atoms with E-state index in [0.717, 1.165) is 10.0 Å². The van der Waals surface area contributed by atoms with Gasteiger partial charge in [-0.3, -0.25) is 4.79 Å².